The van der Waals surface area contributed by atoms with Crippen LogP contribution in [-0.4, -0.2) is 15.8 Å². The second kappa shape index (κ2) is 5.87. The SMILES string of the molecule is Nc1nccc(-c2ccc(=O)[nH]c2)c1C1=CCc2ccccc2C1=O. The highest BCUT2D eigenvalue weighted by Gasteiger charge is 2.25. The maximum absolute atomic E-state index is 13.0. The number of pyridine rings is 2. The number of allylic oxidation sites excluding steroid dienone is 2. The summed E-state index contributed by atoms with van der Waals surface area (Å²) < 4.78 is 0. The van der Waals surface area contributed by atoms with Crippen LogP contribution in [0.5, 0.6) is 0 Å². The van der Waals surface area contributed by atoms with E-state index in [1.54, 1.807) is 24.5 Å². The van der Waals surface area contributed by atoms with Gasteiger partial charge < -0.3 is 10.7 Å². The number of carbonyl (C=O) groups is 1. The number of benzene rings is 1. The molecule has 4 rings (SSSR count). The van der Waals surface area contributed by atoms with Gasteiger partial charge in [-0.3, -0.25) is 9.59 Å². The number of anilines is 1. The van der Waals surface area contributed by atoms with Gasteiger partial charge in [0.25, 0.3) is 0 Å². The highest BCUT2D eigenvalue weighted by Crippen LogP contribution is 2.36. The molecule has 122 valence electrons. The fraction of sp³-hybridized carbons (Fsp3) is 0.0500. The second-order valence-corrected chi connectivity index (χ2v) is 5.87. The molecule has 0 fully saturated rings. The van der Waals surface area contributed by atoms with Crippen LogP contribution in [0.4, 0.5) is 5.82 Å². The second-order valence-electron chi connectivity index (χ2n) is 5.87. The predicted octanol–water partition coefficient (Wildman–Crippen LogP) is 2.84. The van der Waals surface area contributed by atoms with E-state index in [-0.39, 0.29) is 11.3 Å². The Morgan fingerprint density at radius 1 is 1.00 bits per heavy atom. The molecule has 1 aliphatic carbocycles. The Morgan fingerprint density at radius 2 is 1.84 bits per heavy atom. The first-order valence-electron chi connectivity index (χ1n) is 7.92. The van der Waals surface area contributed by atoms with Crippen LogP contribution in [-0.2, 0) is 6.42 Å². The Hall–Kier alpha value is -3.47. The minimum absolute atomic E-state index is 0.0628. The number of hydrogen-bond donors (Lipinski definition) is 2. The monoisotopic (exact) mass is 329 g/mol. The number of H-pyrrole nitrogens is 1. The molecule has 3 aromatic rings. The lowest BCUT2D eigenvalue weighted by Gasteiger charge is -2.19. The lowest BCUT2D eigenvalue weighted by atomic mass is 9.84. The van der Waals surface area contributed by atoms with Crippen LogP contribution in [0.25, 0.3) is 16.7 Å². The average Bonchev–Trinajstić information content (AvgIpc) is 2.63. The molecule has 0 amide bonds. The molecule has 1 aliphatic rings. The van der Waals surface area contributed by atoms with E-state index in [0.29, 0.717) is 28.9 Å². The van der Waals surface area contributed by atoms with Gasteiger partial charge in [0, 0.05) is 35.2 Å². The summed E-state index contributed by atoms with van der Waals surface area (Å²) in [6, 6.07) is 12.5. The highest BCUT2D eigenvalue weighted by atomic mass is 16.1. The summed E-state index contributed by atoms with van der Waals surface area (Å²) in [7, 11) is 0. The van der Waals surface area contributed by atoms with Gasteiger partial charge in [-0.05, 0) is 35.2 Å². The number of hydrogen-bond acceptors (Lipinski definition) is 4. The third-order valence-electron chi connectivity index (χ3n) is 4.38. The van der Waals surface area contributed by atoms with Crippen LogP contribution in [0.15, 0.2) is 65.7 Å². The number of nitrogens with one attached hydrogen (secondary N) is 1. The lowest BCUT2D eigenvalue weighted by molar-refractivity contribution is 0.105. The van der Waals surface area contributed by atoms with E-state index >= 15 is 0 Å². The quantitative estimate of drug-likeness (QED) is 0.756. The van der Waals surface area contributed by atoms with Crippen molar-refractivity contribution in [1.82, 2.24) is 9.97 Å². The third kappa shape index (κ3) is 2.55. The summed E-state index contributed by atoms with van der Waals surface area (Å²) >= 11 is 0. The van der Waals surface area contributed by atoms with Gasteiger partial charge >= 0.3 is 0 Å². The first-order chi connectivity index (χ1) is 12.1. The van der Waals surface area contributed by atoms with E-state index in [4.69, 9.17) is 5.73 Å². The molecule has 0 atom stereocenters. The zero-order chi connectivity index (χ0) is 17.4. The van der Waals surface area contributed by atoms with E-state index in [9.17, 15) is 9.59 Å². The minimum Gasteiger partial charge on any atom is -0.383 e. The van der Waals surface area contributed by atoms with Crippen molar-refractivity contribution in [2.75, 3.05) is 5.73 Å². The topological polar surface area (TPSA) is 88.8 Å². The summed E-state index contributed by atoms with van der Waals surface area (Å²) in [6.07, 6.45) is 5.77. The Kier molecular flexibility index (Phi) is 3.54. The van der Waals surface area contributed by atoms with Crippen LogP contribution in [0.2, 0.25) is 0 Å². The van der Waals surface area contributed by atoms with Crippen molar-refractivity contribution in [2.24, 2.45) is 0 Å². The van der Waals surface area contributed by atoms with E-state index in [0.717, 1.165) is 16.7 Å². The van der Waals surface area contributed by atoms with E-state index in [2.05, 4.69) is 9.97 Å². The van der Waals surface area contributed by atoms with Gasteiger partial charge in [0.15, 0.2) is 5.78 Å². The number of nitrogens with zero attached hydrogens (tertiary/aromatic N) is 1. The zero-order valence-electron chi connectivity index (χ0n) is 13.3. The maximum Gasteiger partial charge on any atom is 0.247 e. The molecule has 5 nitrogen and oxygen atoms in total. The highest BCUT2D eigenvalue weighted by molar-refractivity contribution is 6.32. The molecular weight excluding hydrogens is 314 g/mol. The van der Waals surface area contributed by atoms with Gasteiger partial charge in [0.1, 0.15) is 5.82 Å². The van der Waals surface area contributed by atoms with E-state index in [1.807, 2.05) is 30.3 Å². The summed E-state index contributed by atoms with van der Waals surface area (Å²) in [5.41, 5.74) is 10.3. The van der Waals surface area contributed by atoms with Gasteiger partial charge in [-0.25, -0.2) is 4.98 Å². The molecule has 0 radical (unpaired) electrons. The molecule has 0 aliphatic heterocycles. The van der Waals surface area contributed by atoms with Crippen molar-refractivity contribution in [2.45, 2.75) is 6.42 Å². The normalized spacial score (nSPS) is 13.3. The molecule has 0 spiro atoms. The number of carbonyl (C=O) groups excluding carboxylic acids is 1. The smallest absolute Gasteiger partial charge is 0.247 e. The molecule has 3 N–H and O–H groups in total. The number of aromatic amines is 1. The van der Waals surface area contributed by atoms with Crippen LogP contribution in [0.3, 0.4) is 0 Å². The molecule has 0 saturated carbocycles. The molecule has 0 bridgehead atoms. The van der Waals surface area contributed by atoms with E-state index < -0.39 is 0 Å². The average molecular weight is 329 g/mol. The number of nitrogens with two attached hydrogens (primary N) is 1. The Bertz CT molecular complexity index is 1060. The first kappa shape index (κ1) is 15.1. The van der Waals surface area contributed by atoms with Gasteiger partial charge in [-0.2, -0.15) is 0 Å². The number of fused-ring (bicyclic) bond motifs is 1. The standard InChI is InChI=1S/C20H15N3O2/c21-20-18(14(9-10-22-20)13-6-8-17(24)23-11-13)16-7-5-12-3-1-2-4-15(12)19(16)25/h1-4,6-11H,5H2,(H2,21,22)(H,23,24). The number of nitrogen functional groups attached to an aromatic ring is 1. The summed E-state index contributed by atoms with van der Waals surface area (Å²) in [5, 5.41) is 0. The van der Waals surface area contributed by atoms with Gasteiger partial charge in [0.2, 0.25) is 5.56 Å². The number of Topliss-reactive ketones (excluding diaryl/α,β-unsaturated/α-hetero) is 1. The van der Waals surface area contributed by atoms with Crippen LogP contribution < -0.4 is 11.3 Å². The van der Waals surface area contributed by atoms with Crippen molar-refractivity contribution in [3.8, 4) is 11.1 Å². The molecule has 0 saturated heterocycles. The molecular formula is C20H15N3O2. The molecule has 5 heteroatoms. The number of aromatic nitrogens is 2. The Morgan fingerprint density at radius 3 is 2.64 bits per heavy atom. The molecule has 0 unspecified atom stereocenters. The Balaban J connectivity index is 1.89. The zero-order valence-corrected chi connectivity index (χ0v) is 13.3. The van der Waals surface area contributed by atoms with Gasteiger partial charge in [-0.1, -0.05) is 30.3 Å². The number of ketones is 1. The maximum atomic E-state index is 13.0. The fourth-order valence-electron chi connectivity index (χ4n) is 3.16. The van der Waals surface area contributed by atoms with Crippen molar-refractivity contribution in [3.05, 3.63) is 88.0 Å². The molecule has 1 aromatic carbocycles. The summed E-state index contributed by atoms with van der Waals surface area (Å²) in [6.45, 7) is 0. The number of rotatable bonds is 2. The third-order valence-corrected chi connectivity index (χ3v) is 4.38. The van der Waals surface area contributed by atoms with Crippen LogP contribution >= 0.6 is 0 Å². The van der Waals surface area contributed by atoms with Crippen molar-refractivity contribution < 1.29 is 4.79 Å². The molecule has 25 heavy (non-hydrogen) atoms. The summed E-state index contributed by atoms with van der Waals surface area (Å²) in [4.78, 5) is 31.2. The molecule has 2 heterocycles. The van der Waals surface area contributed by atoms with Crippen molar-refractivity contribution in [1.29, 1.82) is 0 Å². The van der Waals surface area contributed by atoms with Gasteiger partial charge in [0.05, 0.1) is 0 Å². The largest absolute Gasteiger partial charge is 0.383 e. The minimum atomic E-state index is -0.186. The van der Waals surface area contributed by atoms with Crippen molar-refractivity contribution in [3.63, 3.8) is 0 Å². The molecule has 2 aromatic heterocycles. The first-order valence-corrected chi connectivity index (χ1v) is 7.92. The predicted molar refractivity (Wildman–Crippen MR) is 97.2 cm³/mol. The Labute approximate surface area is 143 Å². The van der Waals surface area contributed by atoms with Gasteiger partial charge in [-0.15, -0.1) is 0 Å². The van der Waals surface area contributed by atoms with E-state index in [1.165, 1.54) is 6.07 Å². The van der Waals surface area contributed by atoms with Crippen LogP contribution in [0, 0.1) is 0 Å². The fourth-order valence-corrected chi connectivity index (χ4v) is 3.16. The van der Waals surface area contributed by atoms with Crippen molar-refractivity contribution >= 4 is 17.2 Å². The van der Waals surface area contributed by atoms with Crippen LogP contribution in [0.1, 0.15) is 21.5 Å². The summed E-state index contributed by atoms with van der Waals surface area (Å²) in [5.74, 6) is 0.231. The lowest BCUT2D eigenvalue weighted by Crippen LogP contribution is -2.14.